The molecule has 1 aromatic carbocycles. The molecule has 7 nitrogen and oxygen atoms in total. The number of benzene rings is 1. The number of hydrogen-bond acceptors (Lipinski definition) is 5. The van der Waals surface area contributed by atoms with Crippen LogP contribution < -0.4 is 5.32 Å². The largest absolute Gasteiger partial charge is 0.379 e. The second-order valence-electron chi connectivity index (χ2n) is 6.73. The number of morpholine rings is 1. The molecule has 1 aliphatic rings. The number of hydrogen-bond donors (Lipinski definition) is 1. The summed E-state index contributed by atoms with van der Waals surface area (Å²) >= 11 is 0. The average molecular weight is 335 g/mol. The van der Waals surface area contributed by atoms with Crippen LogP contribution in [0, 0.1) is 16.0 Å². The first kappa shape index (κ1) is 18.4. The second-order valence-corrected chi connectivity index (χ2v) is 6.73. The first-order chi connectivity index (χ1) is 11.3. The molecule has 7 heteroatoms. The molecule has 0 radical (unpaired) electrons. The van der Waals surface area contributed by atoms with E-state index in [0.29, 0.717) is 19.8 Å². The van der Waals surface area contributed by atoms with Crippen LogP contribution in [0.3, 0.4) is 0 Å². The fraction of sp³-hybridized carbons (Fsp3) is 0.588. The monoisotopic (exact) mass is 335 g/mol. The summed E-state index contributed by atoms with van der Waals surface area (Å²) in [5.74, 6) is -0.162. The second kappa shape index (κ2) is 7.72. The molecule has 132 valence electrons. The van der Waals surface area contributed by atoms with E-state index in [9.17, 15) is 14.9 Å². The van der Waals surface area contributed by atoms with Crippen molar-refractivity contribution in [2.75, 3.05) is 32.8 Å². The van der Waals surface area contributed by atoms with Crippen LogP contribution in [0.4, 0.5) is 5.69 Å². The summed E-state index contributed by atoms with van der Waals surface area (Å²) in [4.78, 5) is 25.0. The predicted molar refractivity (Wildman–Crippen MR) is 90.7 cm³/mol. The molecule has 1 aromatic rings. The lowest BCUT2D eigenvalue weighted by molar-refractivity contribution is -0.384. The van der Waals surface area contributed by atoms with Crippen molar-refractivity contribution in [3.05, 3.63) is 39.9 Å². The third-order valence-electron chi connectivity index (χ3n) is 4.32. The van der Waals surface area contributed by atoms with E-state index in [0.717, 1.165) is 18.7 Å². The fourth-order valence-electron chi connectivity index (χ4n) is 2.76. The van der Waals surface area contributed by atoms with Gasteiger partial charge in [0.25, 0.3) is 5.69 Å². The molecule has 1 fully saturated rings. The number of carbonyl (C=O) groups excluding carboxylic acids is 1. The normalized spacial score (nSPS) is 17.3. The molecular weight excluding hydrogens is 310 g/mol. The van der Waals surface area contributed by atoms with Gasteiger partial charge < -0.3 is 10.1 Å². The summed E-state index contributed by atoms with van der Waals surface area (Å²) in [7, 11) is 0. The molecule has 1 amide bonds. The minimum Gasteiger partial charge on any atom is -0.379 e. The van der Waals surface area contributed by atoms with E-state index < -0.39 is 10.5 Å². The Hall–Kier alpha value is -1.99. The van der Waals surface area contributed by atoms with Crippen molar-refractivity contribution in [2.45, 2.75) is 26.3 Å². The van der Waals surface area contributed by atoms with E-state index in [4.69, 9.17) is 4.74 Å². The van der Waals surface area contributed by atoms with E-state index >= 15 is 0 Å². The van der Waals surface area contributed by atoms with Crippen LogP contribution in [-0.2, 0) is 15.1 Å². The molecule has 0 saturated carbocycles. The molecule has 0 spiro atoms. The SMILES string of the molecule is C[C@H](CN1CCOCC1)C(=O)NC(C)(C)c1ccc([N+](=O)[O-])cc1. The Balaban J connectivity index is 1.96. The number of non-ortho nitro benzene ring substituents is 1. The standard InChI is InChI=1S/C17H25N3O4/c1-13(12-19-8-10-24-11-9-19)16(21)18-17(2,3)14-4-6-15(7-5-14)20(22)23/h4-7,13H,8-12H2,1-3H3,(H,18,21)/t13-/m1/s1. The number of ether oxygens (including phenoxy) is 1. The van der Waals surface area contributed by atoms with Crippen molar-refractivity contribution in [3.63, 3.8) is 0 Å². The Kier molecular flexibility index (Phi) is 5.90. The van der Waals surface area contributed by atoms with Crippen molar-refractivity contribution in [1.29, 1.82) is 0 Å². The van der Waals surface area contributed by atoms with Gasteiger partial charge in [0.1, 0.15) is 0 Å². The Bertz CT molecular complexity index is 580. The van der Waals surface area contributed by atoms with Gasteiger partial charge in [-0.05, 0) is 31.5 Å². The van der Waals surface area contributed by atoms with E-state index in [2.05, 4.69) is 10.2 Å². The summed E-state index contributed by atoms with van der Waals surface area (Å²) in [6.07, 6.45) is 0. The number of nitrogens with zero attached hydrogens (tertiary/aromatic N) is 2. The van der Waals surface area contributed by atoms with Gasteiger partial charge in [-0.1, -0.05) is 6.92 Å². The molecule has 24 heavy (non-hydrogen) atoms. The molecule has 1 heterocycles. The maximum absolute atomic E-state index is 12.5. The van der Waals surface area contributed by atoms with Crippen molar-refractivity contribution in [3.8, 4) is 0 Å². The van der Waals surface area contributed by atoms with Crippen molar-refractivity contribution < 1.29 is 14.5 Å². The van der Waals surface area contributed by atoms with Crippen molar-refractivity contribution >= 4 is 11.6 Å². The minimum atomic E-state index is -0.592. The summed E-state index contributed by atoms with van der Waals surface area (Å²) < 4.78 is 5.32. The van der Waals surface area contributed by atoms with E-state index in [-0.39, 0.29) is 17.5 Å². The number of nitro benzene ring substituents is 1. The quantitative estimate of drug-likeness (QED) is 0.634. The van der Waals surface area contributed by atoms with Crippen LogP contribution >= 0.6 is 0 Å². The molecular formula is C17H25N3O4. The highest BCUT2D eigenvalue weighted by Gasteiger charge is 2.27. The molecule has 1 aliphatic heterocycles. The molecule has 1 saturated heterocycles. The van der Waals surface area contributed by atoms with Crippen LogP contribution in [0.25, 0.3) is 0 Å². The molecule has 0 aromatic heterocycles. The van der Waals surface area contributed by atoms with Crippen LogP contribution in [0.15, 0.2) is 24.3 Å². The molecule has 0 unspecified atom stereocenters. The van der Waals surface area contributed by atoms with Gasteiger partial charge in [-0.15, -0.1) is 0 Å². The number of carbonyl (C=O) groups is 1. The highest BCUT2D eigenvalue weighted by molar-refractivity contribution is 5.79. The summed E-state index contributed by atoms with van der Waals surface area (Å²) in [6.45, 7) is 9.53. The zero-order chi connectivity index (χ0) is 17.7. The summed E-state index contributed by atoms with van der Waals surface area (Å²) in [5, 5.41) is 13.8. The van der Waals surface area contributed by atoms with Crippen molar-refractivity contribution in [2.24, 2.45) is 5.92 Å². The average Bonchev–Trinajstić information content (AvgIpc) is 2.55. The lowest BCUT2D eigenvalue weighted by Gasteiger charge is -2.32. The van der Waals surface area contributed by atoms with Gasteiger partial charge in [0.2, 0.25) is 5.91 Å². The van der Waals surface area contributed by atoms with Gasteiger partial charge in [-0.25, -0.2) is 0 Å². The summed E-state index contributed by atoms with van der Waals surface area (Å²) in [5.41, 5.74) is 0.285. The maximum atomic E-state index is 12.5. The lowest BCUT2D eigenvalue weighted by atomic mass is 9.93. The van der Waals surface area contributed by atoms with Gasteiger partial charge >= 0.3 is 0 Å². The van der Waals surface area contributed by atoms with Crippen LogP contribution in [0.1, 0.15) is 26.3 Å². The van der Waals surface area contributed by atoms with Gasteiger partial charge in [0, 0.05) is 37.7 Å². The third kappa shape index (κ3) is 4.75. The molecule has 0 bridgehead atoms. The molecule has 0 aliphatic carbocycles. The smallest absolute Gasteiger partial charge is 0.269 e. The first-order valence-electron chi connectivity index (χ1n) is 8.16. The van der Waals surface area contributed by atoms with Gasteiger partial charge in [0.05, 0.1) is 23.7 Å². The fourth-order valence-corrected chi connectivity index (χ4v) is 2.76. The van der Waals surface area contributed by atoms with Crippen LogP contribution in [0.5, 0.6) is 0 Å². The Morgan fingerprint density at radius 1 is 1.33 bits per heavy atom. The van der Waals surface area contributed by atoms with Crippen LogP contribution in [-0.4, -0.2) is 48.6 Å². The highest BCUT2D eigenvalue weighted by Crippen LogP contribution is 2.23. The van der Waals surface area contributed by atoms with Gasteiger partial charge in [0.15, 0.2) is 0 Å². The van der Waals surface area contributed by atoms with E-state index in [1.165, 1.54) is 12.1 Å². The predicted octanol–water partition coefficient (Wildman–Crippen LogP) is 1.91. The Labute approximate surface area is 142 Å². The number of rotatable bonds is 6. The lowest BCUT2D eigenvalue weighted by Crippen LogP contribution is -2.47. The Morgan fingerprint density at radius 3 is 2.46 bits per heavy atom. The van der Waals surface area contributed by atoms with Gasteiger partial charge in [-0.3, -0.25) is 19.8 Å². The number of nitrogens with one attached hydrogen (secondary N) is 1. The maximum Gasteiger partial charge on any atom is 0.269 e. The minimum absolute atomic E-state index is 0.0233. The topological polar surface area (TPSA) is 84.7 Å². The summed E-state index contributed by atoms with van der Waals surface area (Å²) in [6, 6.07) is 6.29. The molecule has 1 N–H and O–H groups in total. The number of amides is 1. The zero-order valence-electron chi connectivity index (χ0n) is 14.4. The zero-order valence-corrected chi connectivity index (χ0v) is 14.4. The van der Waals surface area contributed by atoms with Gasteiger partial charge in [-0.2, -0.15) is 0 Å². The van der Waals surface area contributed by atoms with Crippen molar-refractivity contribution in [1.82, 2.24) is 10.2 Å². The highest BCUT2D eigenvalue weighted by atomic mass is 16.6. The molecule has 2 rings (SSSR count). The first-order valence-corrected chi connectivity index (χ1v) is 8.16. The number of nitro groups is 1. The third-order valence-corrected chi connectivity index (χ3v) is 4.32. The van der Waals surface area contributed by atoms with Crippen LogP contribution in [0.2, 0.25) is 0 Å². The molecule has 1 atom stereocenters. The van der Waals surface area contributed by atoms with E-state index in [1.807, 2.05) is 20.8 Å². The Morgan fingerprint density at radius 2 is 1.92 bits per heavy atom. The van der Waals surface area contributed by atoms with E-state index in [1.54, 1.807) is 12.1 Å².